The molecular formula is C23H28N8O2. The van der Waals surface area contributed by atoms with Gasteiger partial charge in [0.05, 0.1) is 28.7 Å². The third-order valence-corrected chi connectivity index (χ3v) is 5.98. The fraction of sp³-hybridized carbons (Fsp3) is 0.391. The lowest BCUT2D eigenvalue weighted by Crippen LogP contribution is -2.54. The first-order valence-corrected chi connectivity index (χ1v) is 11.2. The fourth-order valence-electron chi connectivity index (χ4n) is 4.71. The summed E-state index contributed by atoms with van der Waals surface area (Å²) in [7, 11) is 1.59. The molecule has 1 aliphatic rings. The largest absolute Gasteiger partial charge is 0.395 e. The van der Waals surface area contributed by atoms with Crippen LogP contribution in [0.4, 0.5) is 11.6 Å². The molecule has 4 aromatic rings. The van der Waals surface area contributed by atoms with Crippen LogP contribution in [0.5, 0.6) is 0 Å². The Morgan fingerprint density at radius 1 is 1.18 bits per heavy atom. The van der Waals surface area contributed by atoms with Gasteiger partial charge in [0, 0.05) is 45.0 Å². The number of aliphatic hydroxyl groups is 1. The molecule has 0 bridgehead atoms. The molecule has 1 aliphatic heterocycles. The van der Waals surface area contributed by atoms with Crippen molar-refractivity contribution in [1.82, 2.24) is 30.0 Å². The predicted octanol–water partition coefficient (Wildman–Crippen LogP) is 1.38. The van der Waals surface area contributed by atoms with Gasteiger partial charge in [-0.1, -0.05) is 12.1 Å². The average Bonchev–Trinajstić information content (AvgIpc) is 3.20. The Hall–Kier alpha value is -3.50. The number of carbonyl (C=O) groups is 1. The van der Waals surface area contributed by atoms with E-state index in [2.05, 4.69) is 39.7 Å². The topological polar surface area (TPSA) is 120 Å². The van der Waals surface area contributed by atoms with Gasteiger partial charge in [0.15, 0.2) is 11.3 Å². The van der Waals surface area contributed by atoms with Crippen molar-refractivity contribution in [2.75, 3.05) is 43.5 Å². The minimum Gasteiger partial charge on any atom is -0.395 e. The highest BCUT2D eigenvalue weighted by Gasteiger charge is 2.27. The second-order valence-electron chi connectivity index (χ2n) is 8.52. The summed E-state index contributed by atoms with van der Waals surface area (Å²) in [5.41, 5.74) is 3.77. The molecule has 4 N–H and O–H groups in total. The molecule has 3 aromatic heterocycles. The van der Waals surface area contributed by atoms with E-state index in [1.807, 2.05) is 28.7 Å². The van der Waals surface area contributed by atoms with Gasteiger partial charge in [0.1, 0.15) is 5.56 Å². The van der Waals surface area contributed by atoms with Crippen molar-refractivity contribution in [1.29, 1.82) is 0 Å². The maximum absolute atomic E-state index is 13.0. The lowest BCUT2D eigenvalue weighted by atomic mass is 10.1. The number of anilines is 2. The molecule has 0 unspecified atom stereocenters. The molecule has 1 saturated heterocycles. The first-order valence-electron chi connectivity index (χ1n) is 11.2. The molecule has 10 heteroatoms. The number of nitrogens with zero attached hydrogens (tertiary/aromatic N) is 5. The van der Waals surface area contributed by atoms with Crippen LogP contribution in [0.1, 0.15) is 24.2 Å². The van der Waals surface area contributed by atoms with Crippen molar-refractivity contribution in [2.24, 2.45) is 0 Å². The molecule has 0 saturated carbocycles. The highest BCUT2D eigenvalue weighted by atomic mass is 16.3. The van der Waals surface area contributed by atoms with E-state index in [0.717, 1.165) is 24.1 Å². The number of hydrogen-bond donors (Lipinski definition) is 4. The molecule has 0 aliphatic carbocycles. The number of piperazine rings is 1. The van der Waals surface area contributed by atoms with E-state index in [1.54, 1.807) is 13.2 Å². The van der Waals surface area contributed by atoms with Crippen molar-refractivity contribution in [2.45, 2.75) is 25.9 Å². The van der Waals surface area contributed by atoms with Gasteiger partial charge in [-0.15, -0.1) is 0 Å². The van der Waals surface area contributed by atoms with E-state index < -0.39 is 0 Å². The Balaban J connectivity index is 1.84. The maximum Gasteiger partial charge on any atom is 0.256 e. The van der Waals surface area contributed by atoms with Crippen molar-refractivity contribution in [3.8, 4) is 0 Å². The number of aliphatic hydroxyl groups excluding tert-OH is 1. The number of para-hydroxylation sites is 2. The van der Waals surface area contributed by atoms with Gasteiger partial charge < -0.3 is 26.0 Å². The molecule has 10 nitrogen and oxygen atoms in total. The highest BCUT2D eigenvalue weighted by Crippen LogP contribution is 2.33. The number of hydrogen-bond acceptors (Lipinski definition) is 8. The first-order chi connectivity index (χ1) is 16.0. The van der Waals surface area contributed by atoms with Crippen LogP contribution in [0.25, 0.3) is 27.7 Å². The molecule has 4 heterocycles. The van der Waals surface area contributed by atoms with Crippen molar-refractivity contribution in [3.05, 3.63) is 36.0 Å². The van der Waals surface area contributed by atoms with Crippen LogP contribution in [0.3, 0.4) is 0 Å². The number of amides is 1. The summed E-state index contributed by atoms with van der Waals surface area (Å²) in [5, 5.41) is 19.6. The van der Waals surface area contributed by atoms with Crippen molar-refractivity contribution < 1.29 is 9.90 Å². The number of rotatable bonds is 5. The zero-order valence-corrected chi connectivity index (χ0v) is 19.0. The summed E-state index contributed by atoms with van der Waals surface area (Å²) in [6, 6.07) is 8.40. The molecule has 5 rings (SSSR count). The normalized spacial score (nSPS) is 18.8. The highest BCUT2D eigenvalue weighted by molar-refractivity contribution is 6.13. The summed E-state index contributed by atoms with van der Waals surface area (Å²) in [6.45, 7) is 6.11. The summed E-state index contributed by atoms with van der Waals surface area (Å²) in [4.78, 5) is 29.6. The number of fused-ring (bicyclic) bond motifs is 5. The van der Waals surface area contributed by atoms with E-state index in [4.69, 9.17) is 9.97 Å². The monoisotopic (exact) mass is 448 g/mol. The predicted molar refractivity (Wildman–Crippen MR) is 129 cm³/mol. The number of aromatic nitrogens is 4. The van der Waals surface area contributed by atoms with Crippen LogP contribution in [0.2, 0.25) is 0 Å². The smallest absolute Gasteiger partial charge is 0.256 e. The molecule has 172 valence electrons. The van der Waals surface area contributed by atoms with Crippen molar-refractivity contribution in [3.63, 3.8) is 0 Å². The Morgan fingerprint density at radius 2 is 1.94 bits per heavy atom. The minimum absolute atomic E-state index is 0.0776. The quantitative estimate of drug-likeness (QED) is 0.362. The molecule has 1 fully saturated rings. The van der Waals surface area contributed by atoms with Crippen molar-refractivity contribution >= 4 is 45.3 Å². The van der Waals surface area contributed by atoms with E-state index in [-0.39, 0.29) is 19.1 Å². The Bertz CT molecular complexity index is 1340. The second kappa shape index (κ2) is 8.45. The summed E-state index contributed by atoms with van der Waals surface area (Å²) < 4.78 is 1.93. The number of benzene rings is 1. The van der Waals surface area contributed by atoms with Crippen LogP contribution in [0.15, 0.2) is 30.5 Å². The molecule has 33 heavy (non-hydrogen) atoms. The molecule has 0 spiro atoms. The van der Waals surface area contributed by atoms with E-state index in [1.165, 1.54) is 0 Å². The van der Waals surface area contributed by atoms with Crippen LogP contribution in [-0.4, -0.2) is 75.7 Å². The standard InChI is InChI=1S/C23H28N8O2/c1-13-11-30(12-14(2)27-13)23-26-10-15-19(25-8-9-32)18(22(33)24-3)21-28-16-6-4-5-7-17(16)31(21)20(15)29-23/h4-7,10,13-14,25,27,32H,8-9,11-12H2,1-3H3,(H,24,33)/t13-,14+. The number of nitrogens with one attached hydrogen (secondary N) is 3. The number of pyridine rings is 1. The number of imidazole rings is 1. The van der Waals surface area contributed by atoms with Gasteiger partial charge in [0.2, 0.25) is 5.95 Å². The van der Waals surface area contributed by atoms with Gasteiger partial charge >= 0.3 is 0 Å². The lowest BCUT2D eigenvalue weighted by molar-refractivity contribution is 0.0965. The van der Waals surface area contributed by atoms with Crippen LogP contribution >= 0.6 is 0 Å². The number of carbonyl (C=O) groups excluding carboxylic acids is 1. The van der Waals surface area contributed by atoms with Gasteiger partial charge in [0.25, 0.3) is 5.91 Å². The van der Waals surface area contributed by atoms with Crippen LogP contribution < -0.4 is 20.9 Å². The van der Waals surface area contributed by atoms with Crippen LogP contribution in [0, 0.1) is 0 Å². The minimum atomic E-state index is -0.272. The first kappa shape index (κ1) is 21.4. The lowest BCUT2D eigenvalue weighted by Gasteiger charge is -2.36. The second-order valence-corrected chi connectivity index (χ2v) is 8.52. The van der Waals surface area contributed by atoms with Gasteiger partial charge in [-0.3, -0.25) is 9.20 Å². The van der Waals surface area contributed by atoms with Gasteiger partial charge in [-0.2, -0.15) is 4.98 Å². The van der Waals surface area contributed by atoms with E-state index in [9.17, 15) is 9.90 Å². The summed E-state index contributed by atoms with van der Waals surface area (Å²) in [6.07, 6.45) is 1.76. The third-order valence-electron chi connectivity index (χ3n) is 5.98. The molecular weight excluding hydrogens is 420 g/mol. The molecule has 1 amide bonds. The maximum atomic E-state index is 13.0. The fourth-order valence-corrected chi connectivity index (χ4v) is 4.71. The van der Waals surface area contributed by atoms with Gasteiger partial charge in [-0.25, -0.2) is 9.97 Å². The van der Waals surface area contributed by atoms with E-state index in [0.29, 0.717) is 46.0 Å². The Morgan fingerprint density at radius 3 is 2.67 bits per heavy atom. The van der Waals surface area contributed by atoms with E-state index >= 15 is 0 Å². The summed E-state index contributed by atoms with van der Waals surface area (Å²) in [5.74, 6) is 0.369. The molecule has 2 atom stereocenters. The Kier molecular flexibility index (Phi) is 5.47. The van der Waals surface area contributed by atoms with Crippen LogP contribution in [-0.2, 0) is 0 Å². The average molecular weight is 449 g/mol. The zero-order chi connectivity index (χ0) is 23.1. The summed E-state index contributed by atoms with van der Waals surface area (Å²) >= 11 is 0. The Labute approximate surface area is 191 Å². The van der Waals surface area contributed by atoms with Gasteiger partial charge in [-0.05, 0) is 26.0 Å². The third kappa shape index (κ3) is 3.61. The molecule has 1 aromatic carbocycles. The zero-order valence-electron chi connectivity index (χ0n) is 19.0. The SMILES string of the molecule is CNC(=O)c1c(NCCO)c2cnc(N3C[C@@H](C)N[C@@H](C)C3)nc2n2c1nc1ccccc12. The molecule has 0 radical (unpaired) electrons.